The first-order chi connectivity index (χ1) is 36.1. The minimum atomic E-state index is -1.50. The maximum Gasteiger partial charge on any atom is 2.00 e. The smallest absolute Gasteiger partial charge is 0.657 e. The Kier molecular flexibility index (Phi) is 14.6. The van der Waals surface area contributed by atoms with Gasteiger partial charge >= 0.3 is 21.7 Å². The summed E-state index contributed by atoms with van der Waals surface area (Å²) >= 11 is 0. The van der Waals surface area contributed by atoms with Crippen LogP contribution in [-0.4, -0.2) is 20.2 Å². The number of hydrogen-bond donors (Lipinski definition) is 2. The van der Waals surface area contributed by atoms with Gasteiger partial charge in [0.25, 0.3) is 0 Å². The van der Waals surface area contributed by atoms with Gasteiger partial charge in [-0.1, -0.05) is 235 Å². The predicted molar refractivity (Wildman–Crippen MR) is 305 cm³/mol. The Morgan fingerprint density at radius 1 is 0.347 bits per heavy atom. The van der Waals surface area contributed by atoms with Gasteiger partial charge in [0, 0.05) is 0 Å². The average molecular weight is 1010 g/mol. The quantitative estimate of drug-likeness (QED) is 0.147. The van der Waals surface area contributed by atoms with Crippen molar-refractivity contribution >= 4 is 46.4 Å². The summed E-state index contributed by atoms with van der Waals surface area (Å²) in [6, 6.07) is 70.8. The van der Waals surface area contributed by atoms with Gasteiger partial charge in [-0.05, 0) is 113 Å². The number of benzene rings is 7. The first-order valence-electron chi connectivity index (χ1n) is 25.0. The zero-order valence-corrected chi connectivity index (χ0v) is 43.8. The third-order valence-electron chi connectivity index (χ3n) is 13.9. The number of fused-ring (bicyclic) bond motifs is 8. The summed E-state index contributed by atoms with van der Waals surface area (Å²) in [7, 11) is 0. The minimum Gasteiger partial charge on any atom is -0.657 e. The van der Waals surface area contributed by atoms with Crippen LogP contribution in [0.4, 0.5) is 0 Å². The zero-order chi connectivity index (χ0) is 50.8. The van der Waals surface area contributed by atoms with Crippen molar-refractivity contribution in [1.29, 1.82) is 0 Å². The number of aliphatic hydroxyl groups is 2. The van der Waals surface area contributed by atoms with Gasteiger partial charge in [-0.15, -0.1) is 22.1 Å². The fourth-order valence-corrected chi connectivity index (χ4v) is 9.89. The molecule has 2 aliphatic heterocycles. The third-order valence-corrected chi connectivity index (χ3v) is 13.9. The first-order valence-corrected chi connectivity index (χ1v) is 25.0. The minimum absolute atomic E-state index is 0. The summed E-state index contributed by atoms with van der Waals surface area (Å²) in [6.45, 7) is 8.45. The maximum atomic E-state index is 11.4. The molecule has 362 valence electrons. The van der Waals surface area contributed by atoms with E-state index in [1.807, 2.05) is 91.0 Å². The largest absolute Gasteiger partial charge is 2.00 e. The molecule has 0 spiro atoms. The molecule has 10 aromatic rings. The molecule has 0 saturated carbocycles. The summed E-state index contributed by atoms with van der Waals surface area (Å²) < 4.78 is 0. The van der Waals surface area contributed by atoms with Crippen molar-refractivity contribution in [2.75, 3.05) is 0 Å². The van der Waals surface area contributed by atoms with E-state index in [0.717, 1.165) is 89.4 Å². The van der Waals surface area contributed by atoms with Crippen LogP contribution in [0.3, 0.4) is 0 Å². The van der Waals surface area contributed by atoms with E-state index in [0.29, 0.717) is 16.7 Å². The molecule has 0 amide bonds. The number of aromatic nitrogens is 4. The van der Waals surface area contributed by atoms with Crippen molar-refractivity contribution in [2.24, 2.45) is 0 Å². The van der Waals surface area contributed by atoms with Crippen molar-refractivity contribution in [3.63, 3.8) is 0 Å². The molecule has 7 aromatic carbocycles. The predicted octanol–water partition coefficient (Wildman–Crippen LogP) is 15.5. The van der Waals surface area contributed by atoms with Crippen molar-refractivity contribution in [3.05, 3.63) is 274 Å². The van der Waals surface area contributed by atoms with Gasteiger partial charge in [-0.2, -0.15) is 0 Å². The van der Waals surface area contributed by atoms with Crippen LogP contribution in [0.1, 0.15) is 67.8 Å². The average Bonchev–Trinajstić information content (AvgIpc) is 4.30. The Morgan fingerprint density at radius 2 is 0.600 bits per heavy atom. The van der Waals surface area contributed by atoms with E-state index in [9.17, 15) is 10.2 Å². The second-order valence-electron chi connectivity index (χ2n) is 19.1. The second-order valence-corrected chi connectivity index (χ2v) is 19.1. The molecule has 0 fully saturated rings. The molecule has 2 N–H and O–H groups in total. The summed E-state index contributed by atoms with van der Waals surface area (Å²) in [5.74, 6) is 0. The Hall–Kier alpha value is -8.23. The van der Waals surface area contributed by atoms with E-state index in [1.54, 1.807) is 0 Å². The molecular weight excluding hydrogens is 953 g/mol. The van der Waals surface area contributed by atoms with E-state index < -0.39 is 11.7 Å². The Bertz CT molecular complexity index is 3450. The van der Waals surface area contributed by atoms with E-state index in [4.69, 9.17) is 19.9 Å². The van der Waals surface area contributed by atoms with Crippen LogP contribution in [0.2, 0.25) is 0 Å². The van der Waals surface area contributed by atoms with E-state index in [-0.39, 0.29) is 21.7 Å². The second kappa shape index (κ2) is 21.7. The van der Waals surface area contributed by atoms with Crippen LogP contribution >= 0.6 is 0 Å². The molecule has 1 atom stereocenters. The van der Waals surface area contributed by atoms with Gasteiger partial charge in [0.05, 0.1) is 22.8 Å². The van der Waals surface area contributed by atoms with Crippen molar-refractivity contribution in [3.8, 4) is 44.5 Å². The van der Waals surface area contributed by atoms with Crippen LogP contribution in [-0.2, 0) is 27.3 Å². The molecule has 1 unspecified atom stereocenters. The molecule has 0 aliphatic carbocycles. The summed E-state index contributed by atoms with van der Waals surface area (Å²) in [6.07, 6.45) is 7.42. The molecule has 0 saturated heterocycles. The van der Waals surface area contributed by atoms with Crippen molar-refractivity contribution < 1.29 is 31.9 Å². The zero-order valence-electron chi connectivity index (χ0n) is 42.3. The molecule has 3 aromatic heterocycles. The van der Waals surface area contributed by atoms with Gasteiger partial charge in [-0.25, -0.2) is 9.97 Å². The van der Waals surface area contributed by atoms with E-state index >= 15 is 0 Å². The van der Waals surface area contributed by atoms with Gasteiger partial charge in [-0.3, -0.25) is 0 Å². The van der Waals surface area contributed by atoms with Crippen molar-refractivity contribution in [2.45, 2.75) is 39.4 Å². The van der Waals surface area contributed by atoms with Gasteiger partial charge < -0.3 is 20.2 Å². The standard InChI is InChI=1S/C48H36N4.C20H18O2.Ti/c1-29-5-13-33(14-6-29)45-37-21-23-39(49-37)46(34-15-7-30(2)8-16-34)41-25-27-43(51-41)48(36-19-11-32(4)12-20-36)44-28-26-42(52-44)47(40-24-22-38(45)50-40)35-17-9-31(3)10-18-35;21-19(16-10-4-1-5-11-16)20(22,17-12-6-2-7-13-17)18-14-8-3-9-15-18;/h5-28H,1-4H3;1-15,19,21-22H;/q-2;;+2. The topological polar surface area (TPSA) is 94.4 Å². The van der Waals surface area contributed by atoms with E-state index in [1.165, 1.54) is 22.3 Å². The fraction of sp³-hybridized carbons (Fsp3) is 0.0882. The molecule has 7 heteroatoms. The summed E-state index contributed by atoms with van der Waals surface area (Å²) in [4.78, 5) is 21.5. The molecule has 75 heavy (non-hydrogen) atoms. The SMILES string of the molecule is Cc1ccc(-c2c3nc(c(-c4ccc(C)cc4)c4ccc([n-]4)c(-c4ccc(C)cc4)c4nc(c(-c5ccc(C)cc5)c5ccc2[n-]5)C=C4)C=C3)cc1.OC(c1ccccc1)C(O)(c1ccccc1)c1ccccc1.[Ti+2]. The summed E-state index contributed by atoms with van der Waals surface area (Å²) in [5, 5.41) is 22.3. The molecule has 2 aliphatic rings. The van der Waals surface area contributed by atoms with Gasteiger partial charge in [0.1, 0.15) is 11.7 Å². The monoisotopic (exact) mass is 1010 g/mol. The molecular formula is C68H54N4O2Ti. The Morgan fingerprint density at radius 3 is 0.867 bits per heavy atom. The number of aryl methyl sites for hydroxylation is 4. The van der Waals surface area contributed by atoms with Crippen molar-refractivity contribution in [1.82, 2.24) is 19.9 Å². The van der Waals surface area contributed by atoms with Crippen LogP contribution in [0.15, 0.2) is 212 Å². The van der Waals surface area contributed by atoms with Gasteiger partial charge in [0.15, 0.2) is 0 Å². The van der Waals surface area contributed by atoms with Crippen LogP contribution < -0.4 is 9.97 Å². The molecule has 0 radical (unpaired) electrons. The number of nitrogens with zero attached hydrogens (tertiary/aromatic N) is 4. The fourth-order valence-electron chi connectivity index (χ4n) is 9.89. The first kappa shape index (κ1) is 50.3. The maximum absolute atomic E-state index is 11.4. The van der Waals surface area contributed by atoms with Gasteiger partial charge in [0.2, 0.25) is 0 Å². The molecule has 5 heterocycles. The normalized spacial score (nSPS) is 12.1. The number of aliphatic hydroxyl groups excluding tert-OH is 1. The van der Waals surface area contributed by atoms with Crippen LogP contribution in [0.25, 0.3) is 90.9 Å². The van der Waals surface area contributed by atoms with Crippen LogP contribution in [0, 0.1) is 27.7 Å². The molecule has 6 nitrogen and oxygen atoms in total. The molecule has 12 rings (SSSR count). The summed E-state index contributed by atoms with van der Waals surface area (Å²) in [5.41, 5.74) is 20.4. The Labute approximate surface area is 453 Å². The van der Waals surface area contributed by atoms with E-state index in [2.05, 4.69) is 173 Å². The Balaban J connectivity index is 0.000000234. The number of hydrogen-bond acceptors (Lipinski definition) is 4. The molecule has 8 bridgehead atoms. The van der Waals surface area contributed by atoms with Crippen LogP contribution in [0.5, 0.6) is 0 Å². The number of rotatable bonds is 8. The third kappa shape index (κ3) is 10.2.